The zero-order valence-electron chi connectivity index (χ0n) is 18.3. The number of esters is 1. The van der Waals surface area contributed by atoms with Crippen molar-refractivity contribution in [2.24, 2.45) is 0 Å². The summed E-state index contributed by atoms with van der Waals surface area (Å²) in [7, 11) is 0. The molecule has 2 aromatic rings. The van der Waals surface area contributed by atoms with Crippen molar-refractivity contribution < 1.29 is 13.9 Å². The minimum Gasteiger partial charge on any atom is -0.417 e. The van der Waals surface area contributed by atoms with E-state index in [1.54, 1.807) is 12.1 Å². The van der Waals surface area contributed by atoms with Crippen LogP contribution < -0.4 is 4.74 Å². The van der Waals surface area contributed by atoms with Gasteiger partial charge in [0.2, 0.25) is 0 Å². The number of furan rings is 1. The van der Waals surface area contributed by atoms with Crippen LogP contribution in [0.25, 0.3) is 0 Å². The molecule has 0 unspecified atom stereocenters. The SMILES string of the molecule is CCCC(=O)Oc1ccc(C#Cc2cc3c(cc2CC)SC(C)(C)CC3(C)C)o1. The molecule has 154 valence electrons. The average molecular weight is 411 g/mol. The van der Waals surface area contributed by atoms with Gasteiger partial charge in [-0.3, -0.25) is 4.79 Å². The van der Waals surface area contributed by atoms with Crippen LogP contribution in [0.15, 0.2) is 33.6 Å². The molecule has 1 aliphatic heterocycles. The first-order chi connectivity index (χ1) is 13.6. The molecule has 1 aliphatic rings. The van der Waals surface area contributed by atoms with Crippen molar-refractivity contribution in [3.63, 3.8) is 0 Å². The van der Waals surface area contributed by atoms with E-state index in [2.05, 4.69) is 58.6 Å². The Morgan fingerprint density at radius 3 is 2.62 bits per heavy atom. The van der Waals surface area contributed by atoms with Gasteiger partial charge in [-0.25, -0.2) is 0 Å². The Morgan fingerprint density at radius 1 is 1.17 bits per heavy atom. The molecule has 0 saturated carbocycles. The topological polar surface area (TPSA) is 39.4 Å². The predicted molar refractivity (Wildman–Crippen MR) is 119 cm³/mol. The molecule has 0 amide bonds. The summed E-state index contributed by atoms with van der Waals surface area (Å²) in [6.07, 6.45) is 3.18. The number of thioether (sulfide) groups is 1. The van der Waals surface area contributed by atoms with Crippen molar-refractivity contribution >= 4 is 17.7 Å². The van der Waals surface area contributed by atoms with Crippen LogP contribution in [0.1, 0.15) is 83.3 Å². The van der Waals surface area contributed by atoms with Crippen LogP contribution in [-0.2, 0) is 16.6 Å². The van der Waals surface area contributed by atoms with Crippen LogP contribution in [0.3, 0.4) is 0 Å². The lowest BCUT2D eigenvalue weighted by Gasteiger charge is -2.42. The zero-order chi connectivity index (χ0) is 21.2. The molecule has 0 spiro atoms. The van der Waals surface area contributed by atoms with Crippen LogP contribution in [0.2, 0.25) is 0 Å². The summed E-state index contributed by atoms with van der Waals surface area (Å²) in [5.74, 6) is 6.80. The Hall–Kier alpha value is -2.12. The van der Waals surface area contributed by atoms with Crippen LogP contribution in [0.5, 0.6) is 5.95 Å². The lowest BCUT2D eigenvalue weighted by Crippen LogP contribution is -2.33. The van der Waals surface area contributed by atoms with Crippen molar-refractivity contribution in [1.29, 1.82) is 0 Å². The van der Waals surface area contributed by atoms with Crippen molar-refractivity contribution in [3.05, 3.63) is 46.7 Å². The summed E-state index contributed by atoms with van der Waals surface area (Å²) in [6, 6.07) is 7.96. The first-order valence-electron chi connectivity index (χ1n) is 10.3. The highest BCUT2D eigenvalue weighted by molar-refractivity contribution is 8.00. The van der Waals surface area contributed by atoms with E-state index in [0.717, 1.165) is 24.8 Å². The Bertz CT molecular complexity index is 970. The normalized spacial score (nSPS) is 16.5. The van der Waals surface area contributed by atoms with E-state index in [-0.39, 0.29) is 22.1 Å². The van der Waals surface area contributed by atoms with Crippen LogP contribution in [0.4, 0.5) is 0 Å². The van der Waals surface area contributed by atoms with Gasteiger partial charge in [-0.05, 0) is 59.9 Å². The lowest BCUT2D eigenvalue weighted by atomic mass is 9.76. The molecule has 0 saturated heterocycles. The second-order valence-corrected chi connectivity index (χ2v) is 10.6. The predicted octanol–water partition coefficient (Wildman–Crippen LogP) is 6.50. The summed E-state index contributed by atoms with van der Waals surface area (Å²) in [5.41, 5.74) is 3.77. The van der Waals surface area contributed by atoms with Crippen molar-refractivity contribution in [2.45, 2.75) is 82.3 Å². The maximum atomic E-state index is 11.6. The highest BCUT2D eigenvalue weighted by atomic mass is 32.2. The molecule has 29 heavy (non-hydrogen) atoms. The van der Waals surface area contributed by atoms with Crippen molar-refractivity contribution in [2.75, 3.05) is 0 Å². The van der Waals surface area contributed by atoms with Gasteiger partial charge in [0.1, 0.15) is 0 Å². The second-order valence-electron chi connectivity index (χ2n) is 8.87. The van der Waals surface area contributed by atoms with Gasteiger partial charge >= 0.3 is 5.97 Å². The first kappa shape index (κ1) is 21.6. The lowest BCUT2D eigenvalue weighted by molar-refractivity contribution is -0.135. The first-order valence-corrected chi connectivity index (χ1v) is 11.1. The van der Waals surface area contributed by atoms with E-state index in [1.807, 2.05) is 18.7 Å². The molecule has 0 N–H and O–H groups in total. The van der Waals surface area contributed by atoms with Gasteiger partial charge in [0, 0.05) is 27.7 Å². The fraction of sp³-hybridized carbons (Fsp3) is 0.480. The number of fused-ring (bicyclic) bond motifs is 1. The summed E-state index contributed by atoms with van der Waals surface area (Å²) in [4.78, 5) is 13.0. The zero-order valence-corrected chi connectivity index (χ0v) is 19.1. The molecule has 3 nitrogen and oxygen atoms in total. The molecule has 0 radical (unpaired) electrons. The third-order valence-corrected chi connectivity index (χ3v) is 6.39. The largest absolute Gasteiger partial charge is 0.417 e. The van der Waals surface area contributed by atoms with Gasteiger partial charge in [0.25, 0.3) is 5.95 Å². The van der Waals surface area contributed by atoms with E-state index in [0.29, 0.717) is 12.2 Å². The maximum absolute atomic E-state index is 11.6. The quantitative estimate of drug-likeness (QED) is 0.426. The van der Waals surface area contributed by atoms with E-state index in [1.165, 1.54) is 16.0 Å². The number of benzene rings is 1. The highest BCUT2D eigenvalue weighted by Gasteiger charge is 2.38. The molecule has 0 fully saturated rings. The van der Waals surface area contributed by atoms with Crippen LogP contribution in [-0.4, -0.2) is 10.7 Å². The summed E-state index contributed by atoms with van der Waals surface area (Å²) < 4.78 is 11.0. The third-order valence-electron chi connectivity index (χ3n) is 5.14. The number of carbonyl (C=O) groups excluding carboxylic acids is 1. The van der Waals surface area contributed by atoms with Crippen LogP contribution in [0, 0.1) is 11.8 Å². The highest BCUT2D eigenvalue weighted by Crippen LogP contribution is 2.51. The average Bonchev–Trinajstić information content (AvgIpc) is 3.05. The van der Waals surface area contributed by atoms with Crippen LogP contribution >= 0.6 is 11.8 Å². The van der Waals surface area contributed by atoms with Gasteiger partial charge < -0.3 is 9.15 Å². The maximum Gasteiger partial charge on any atom is 0.313 e. The number of carbonyl (C=O) groups is 1. The van der Waals surface area contributed by atoms with Gasteiger partial charge in [0.05, 0.1) is 0 Å². The Balaban J connectivity index is 1.90. The fourth-order valence-corrected chi connectivity index (χ4v) is 5.75. The minimum absolute atomic E-state index is 0.109. The third kappa shape index (κ3) is 5.08. The van der Waals surface area contributed by atoms with Gasteiger partial charge in [-0.2, -0.15) is 0 Å². The Morgan fingerprint density at radius 2 is 1.93 bits per heavy atom. The molecular weight excluding hydrogens is 380 g/mol. The van der Waals surface area contributed by atoms with Crippen molar-refractivity contribution in [1.82, 2.24) is 0 Å². The molecular formula is C25H30O3S. The number of rotatable bonds is 4. The van der Waals surface area contributed by atoms with E-state index >= 15 is 0 Å². The number of ether oxygens (including phenoxy) is 1. The smallest absolute Gasteiger partial charge is 0.313 e. The molecule has 3 rings (SSSR count). The molecule has 0 aliphatic carbocycles. The van der Waals surface area contributed by atoms with E-state index in [9.17, 15) is 4.79 Å². The second kappa shape index (κ2) is 8.32. The van der Waals surface area contributed by atoms with E-state index < -0.39 is 0 Å². The monoisotopic (exact) mass is 410 g/mol. The molecule has 4 heteroatoms. The van der Waals surface area contributed by atoms with E-state index in [4.69, 9.17) is 9.15 Å². The summed E-state index contributed by atoms with van der Waals surface area (Å²) in [6.45, 7) is 13.4. The van der Waals surface area contributed by atoms with Gasteiger partial charge in [-0.15, -0.1) is 11.8 Å². The molecule has 0 bridgehead atoms. The minimum atomic E-state index is -0.285. The molecule has 2 heterocycles. The molecule has 1 aromatic heterocycles. The summed E-state index contributed by atoms with van der Waals surface area (Å²) >= 11 is 1.97. The number of hydrogen-bond donors (Lipinski definition) is 0. The summed E-state index contributed by atoms with van der Waals surface area (Å²) in [5, 5.41) is 0. The van der Waals surface area contributed by atoms with Crippen molar-refractivity contribution in [3.8, 4) is 17.8 Å². The number of hydrogen-bond acceptors (Lipinski definition) is 4. The van der Waals surface area contributed by atoms with Gasteiger partial charge in [-0.1, -0.05) is 47.5 Å². The number of aryl methyl sites for hydroxylation is 1. The van der Waals surface area contributed by atoms with Gasteiger partial charge in [0.15, 0.2) is 5.76 Å². The molecule has 1 aromatic carbocycles. The Labute approximate surface area is 178 Å². The Kier molecular flexibility index (Phi) is 6.19. The fourth-order valence-electron chi connectivity index (χ4n) is 4.08. The standard InChI is InChI=1S/C25H30O3S/c1-7-9-22(26)28-23-13-12-19(27-23)11-10-18-14-20-21(15-17(18)8-2)29-25(5,6)16-24(20,3)4/h12-15H,7-9,16H2,1-6H3. The molecule has 0 atom stereocenters.